The SMILES string of the molecule is Cc1nn(-c2ccc(Br)cc2)c2ncc3c(c12)C(=O)N(c1ccc(C(C)C)cc1)C3=O. The van der Waals surface area contributed by atoms with E-state index in [0.29, 0.717) is 39.5 Å². The van der Waals surface area contributed by atoms with Gasteiger partial charge in [0.25, 0.3) is 11.8 Å². The summed E-state index contributed by atoms with van der Waals surface area (Å²) in [5.74, 6) is -0.335. The summed E-state index contributed by atoms with van der Waals surface area (Å²) in [5, 5.41) is 5.22. The van der Waals surface area contributed by atoms with Gasteiger partial charge in [-0.1, -0.05) is 41.9 Å². The molecular weight excluding hydrogens is 456 g/mol. The van der Waals surface area contributed by atoms with E-state index in [0.717, 1.165) is 15.7 Å². The normalized spacial score (nSPS) is 13.5. The van der Waals surface area contributed by atoms with Crippen LogP contribution in [0.3, 0.4) is 0 Å². The van der Waals surface area contributed by atoms with Gasteiger partial charge < -0.3 is 0 Å². The van der Waals surface area contributed by atoms with Crippen molar-refractivity contribution in [3.05, 3.63) is 81.6 Å². The molecule has 5 rings (SSSR count). The molecule has 0 saturated heterocycles. The second-order valence-corrected chi connectivity index (χ2v) is 8.83. The van der Waals surface area contributed by atoms with Gasteiger partial charge in [-0.05, 0) is 54.8 Å². The average Bonchev–Trinajstić information content (AvgIpc) is 3.23. The number of hydrogen-bond donors (Lipinski definition) is 0. The lowest BCUT2D eigenvalue weighted by atomic mass is 10.0. The van der Waals surface area contributed by atoms with E-state index < -0.39 is 0 Å². The minimum absolute atomic E-state index is 0.309. The van der Waals surface area contributed by atoms with Crippen LogP contribution in [-0.2, 0) is 0 Å². The zero-order valence-electron chi connectivity index (χ0n) is 17.3. The molecule has 0 saturated carbocycles. The van der Waals surface area contributed by atoms with Gasteiger partial charge in [-0.3, -0.25) is 9.59 Å². The Morgan fingerprint density at radius 2 is 1.55 bits per heavy atom. The number of rotatable bonds is 3. The summed E-state index contributed by atoms with van der Waals surface area (Å²) in [6.07, 6.45) is 1.48. The van der Waals surface area contributed by atoms with Crippen LogP contribution in [-0.4, -0.2) is 26.6 Å². The number of fused-ring (bicyclic) bond motifs is 3. The molecule has 0 atom stereocenters. The van der Waals surface area contributed by atoms with Crippen molar-refractivity contribution < 1.29 is 9.59 Å². The molecule has 6 nitrogen and oxygen atoms in total. The molecule has 0 unspecified atom stereocenters. The molecule has 0 radical (unpaired) electrons. The zero-order valence-corrected chi connectivity index (χ0v) is 18.8. The van der Waals surface area contributed by atoms with Crippen molar-refractivity contribution >= 4 is 44.5 Å². The van der Waals surface area contributed by atoms with Gasteiger partial charge in [0.15, 0.2) is 5.65 Å². The molecule has 0 fully saturated rings. The molecule has 4 aromatic rings. The first kappa shape index (κ1) is 19.6. The molecule has 154 valence electrons. The topological polar surface area (TPSA) is 68.1 Å². The number of pyridine rings is 1. The van der Waals surface area contributed by atoms with Crippen molar-refractivity contribution in [1.82, 2.24) is 14.8 Å². The van der Waals surface area contributed by atoms with Gasteiger partial charge in [0.05, 0.1) is 33.6 Å². The van der Waals surface area contributed by atoms with E-state index in [9.17, 15) is 9.59 Å². The summed E-state index contributed by atoms with van der Waals surface area (Å²) >= 11 is 3.44. The minimum atomic E-state index is -0.359. The third-order valence-electron chi connectivity index (χ3n) is 5.61. The fourth-order valence-electron chi connectivity index (χ4n) is 3.97. The Hall–Kier alpha value is -3.32. The molecule has 7 heteroatoms. The predicted molar refractivity (Wildman–Crippen MR) is 123 cm³/mol. The van der Waals surface area contributed by atoms with E-state index in [1.165, 1.54) is 11.1 Å². The lowest BCUT2D eigenvalue weighted by molar-refractivity contribution is 0.0926. The van der Waals surface area contributed by atoms with Crippen LogP contribution in [0, 0.1) is 6.92 Å². The number of nitrogens with zero attached hydrogens (tertiary/aromatic N) is 4. The second kappa shape index (κ2) is 7.13. The van der Waals surface area contributed by atoms with Crippen LogP contribution in [0.25, 0.3) is 16.7 Å². The van der Waals surface area contributed by atoms with Crippen LogP contribution in [0.1, 0.15) is 51.7 Å². The molecule has 3 heterocycles. The van der Waals surface area contributed by atoms with Crippen molar-refractivity contribution in [3.63, 3.8) is 0 Å². The smallest absolute Gasteiger partial charge is 0.267 e. The van der Waals surface area contributed by atoms with Crippen LogP contribution in [0.15, 0.2) is 59.2 Å². The first-order valence-electron chi connectivity index (χ1n) is 10.00. The lowest BCUT2D eigenvalue weighted by Gasteiger charge is -2.15. The third-order valence-corrected chi connectivity index (χ3v) is 6.14. The monoisotopic (exact) mass is 474 g/mol. The summed E-state index contributed by atoms with van der Waals surface area (Å²) in [7, 11) is 0. The maximum absolute atomic E-state index is 13.4. The molecule has 0 bridgehead atoms. The van der Waals surface area contributed by atoms with Gasteiger partial charge in [-0.15, -0.1) is 0 Å². The van der Waals surface area contributed by atoms with E-state index in [1.807, 2.05) is 55.5 Å². The molecule has 2 aromatic heterocycles. The number of carbonyl (C=O) groups is 2. The number of aryl methyl sites for hydroxylation is 1. The number of hydrogen-bond acceptors (Lipinski definition) is 4. The Labute approximate surface area is 187 Å². The molecule has 2 aromatic carbocycles. The Morgan fingerprint density at radius 3 is 2.19 bits per heavy atom. The predicted octanol–water partition coefficient (Wildman–Crippen LogP) is 5.42. The van der Waals surface area contributed by atoms with Crippen molar-refractivity contribution in [2.75, 3.05) is 4.90 Å². The third kappa shape index (κ3) is 2.99. The summed E-state index contributed by atoms with van der Waals surface area (Å²) in [6, 6.07) is 15.2. The van der Waals surface area contributed by atoms with Crippen molar-refractivity contribution in [2.45, 2.75) is 26.7 Å². The van der Waals surface area contributed by atoms with Crippen LogP contribution >= 0.6 is 15.9 Å². The van der Waals surface area contributed by atoms with Crippen molar-refractivity contribution in [3.8, 4) is 5.69 Å². The zero-order chi connectivity index (χ0) is 21.9. The quantitative estimate of drug-likeness (QED) is 0.372. The Morgan fingerprint density at radius 1 is 0.903 bits per heavy atom. The maximum Gasteiger partial charge on any atom is 0.267 e. The molecule has 2 amide bonds. The Balaban J connectivity index is 1.64. The highest BCUT2D eigenvalue weighted by Crippen LogP contribution is 2.35. The summed E-state index contributed by atoms with van der Waals surface area (Å²) < 4.78 is 2.66. The van der Waals surface area contributed by atoms with Crippen molar-refractivity contribution in [2.24, 2.45) is 0 Å². The second-order valence-electron chi connectivity index (χ2n) is 7.91. The Kier molecular flexibility index (Phi) is 4.51. The average molecular weight is 475 g/mol. The van der Waals surface area contributed by atoms with Gasteiger partial charge in [-0.2, -0.15) is 5.10 Å². The molecule has 0 spiro atoms. The van der Waals surface area contributed by atoms with Crippen LogP contribution < -0.4 is 4.90 Å². The summed E-state index contributed by atoms with van der Waals surface area (Å²) in [4.78, 5) is 32.3. The van der Waals surface area contributed by atoms with E-state index >= 15 is 0 Å². The maximum atomic E-state index is 13.4. The van der Waals surface area contributed by atoms with Crippen molar-refractivity contribution in [1.29, 1.82) is 0 Å². The number of aromatic nitrogens is 3. The fraction of sp³-hybridized carbons (Fsp3) is 0.167. The van der Waals surface area contributed by atoms with Gasteiger partial charge in [0, 0.05) is 10.7 Å². The van der Waals surface area contributed by atoms with E-state index in [1.54, 1.807) is 4.68 Å². The Bertz CT molecular complexity index is 1360. The highest BCUT2D eigenvalue weighted by atomic mass is 79.9. The lowest BCUT2D eigenvalue weighted by Crippen LogP contribution is -2.29. The number of imide groups is 1. The van der Waals surface area contributed by atoms with Gasteiger partial charge in [0.2, 0.25) is 0 Å². The molecule has 1 aliphatic heterocycles. The molecule has 1 aliphatic rings. The fourth-order valence-corrected chi connectivity index (χ4v) is 4.23. The van der Waals surface area contributed by atoms with Crippen LogP contribution in [0.2, 0.25) is 0 Å². The van der Waals surface area contributed by atoms with Gasteiger partial charge in [-0.25, -0.2) is 14.6 Å². The molecule has 31 heavy (non-hydrogen) atoms. The standard InChI is InChI=1S/C24H19BrN4O2/c1-13(2)15-4-8-17(9-5-15)28-23(30)19-12-26-22-20(21(19)24(28)31)14(3)27-29(22)18-10-6-16(25)7-11-18/h4-13H,1-3H3. The molecular formula is C24H19BrN4O2. The van der Waals surface area contributed by atoms with Crippen LogP contribution in [0.4, 0.5) is 5.69 Å². The van der Waals surface area contributed by atoms with Gasteiger partial charge in [0.1, 0.15) is 0 Å². The number of anilines is 1. The summed E-state index contributed by atoms with van der Waals surface area (Å²) in [6.45, 7) is 6.04. The number of carbonyl (C=O) groups excluding carboxylic acids is 2. The number of halogens is 1. The molecule has 0 N–H and O–H groups in total. The van der Waals surface area contributed by atoms with E-state index in [2.05, 4.69) is 39.9 Å². The van der Waals surface area contributed by atoms with Gasteiger partial charge >= 0.3 is 0 Å². The number of amides is 2. The largest absolute Gasteiger partial charge is 0.268 e. The molecule has 0 aliphatic carbocycles. The van der Waals surface area contributed by atoms with E-state index in [4.69, 9.17) is 0 Å². The number of benzene rings is 2. The highest BCUT2D eigenvalue weighted by molar-refractivity contribution is 9.10. The summed E-state index contributed by atoms with van der Waals surface area (Å²) in [5.41, 5.74) is 4.41. The first-order chi connectivity index (χ1) is 14.9. The van der Waals surface area contributed by atoms with E-state index in [-0.39, 0.29) is 11.8 Å². The minimum Gasteiger partial charge on any atom is -0.268 e. The van der Waals surface area contributed by atoms with Crippen LogP contribution in [0.5, 0.6) is 0 Å². The highest BCUT2D eigenvalue weighted by Gasteiger charge is 2.40. The first-order valence-corrected chi connectivity index (χ1v) is 10.8.